The van der Waals surface area contributed by atoms with Crippen LogP contribution in [0.15, 0.2) is 77.7 Å². The van der Waals surface area contributed by atoms with Crippen LogP contribution >= 0.6 is 11.8 Å². The Morgan fingerprint density at radius 2 is 1.80 bits per heavy atom. The van der Waals surface area contributed by atoms with Crippen molar-refractivity contribution < 1.29 is 14.6 Å². The van der Waals surface area contributed by atoms with E-state index in [0.717, 1.165) is 27.3 Å². The average molecular weight is 350 g/mol. The zero-order chi connectivity index (χ0) is 17.6. The van der Waals surface area contributed by atoms with Gasteiger partial charge in [-0.2, -0.15) is 0 Å². The number of aromatic carboxylic acids is 1. The smallest absolute Gasteiger partial charge is 0.335 e. The van der Waals surface area contributed by atoms with Crippen LogP contribution in [0, 0.1) is 0 Å². The van der Waals surface area contributed by atoms with Gasteiger partial charge in [0.25, 0.3) is 0 Å². The number of rotatable bonds is 6. The van der Waals surface area contributed by atoms with Crippen LogP contribution < -0.4 is 4.74 Å². The van der Waals surface area contributed by atoms with E-state index in [4.69, 9.17) is 4.74 Å². The largest absolute Gasteiger partial charge is 0.488 e. The lowest BCUT2D eigenvalue weighted by Gasteiger charge is -2.14. The summed E-state index contributed by atoms with van der Waals surface area (Å²) in [6.45, 7) is 0.463. The van der Waals surface area contributed by atoms with Gasteiger partial charge in [-0.05, 0) is 47.7 Å². The fraction of sp³-hybridized carbons (Fsp3) is 0.0952. The summed E-state index contributed by atoms with van der Waals surface area (Å²) in [4.78, 5) is 12.4. The van der Waals surface area contributed by atoms with Crippen LogP contribution in [0.3, 0.4) is 0 Å². The summed E-state index contributed by atoms with van der Waals surface area (Å²) in [6, 6.07) is 22.9. The molecule has 3 rings (SSSR count). The molecule has 126 valence electrons. The molecule has 0 spiro atoms. The van der Waals surface area contributed by atoms with Gasteiger partial charge in [0.05, 0.1) is 5.56 Å². The van der Waals surface area contributed by atoms with Gasteiger partial charge in [-0.25, -0.2) is 4.79 Å². The first-order chi connectivity index (χ1) is 12.2. The molecule has 0 atom stereocenters. The molecule has 0 saturated carbocycles. The van der Waals surface area contributed by atoms with Gasteiger partial charge < -0.3 is 9.84 Å². The molecule has 0 radical (unpaired) electrons. The molecule has 3 aromatic rings. The minimum atomic E-state index is -0.936. The van der Waals surface area contributed by atoms with Gasteiger partial charge >= 0.3 is 5.97 Å². The van der Waals surface area contributed by atoms with Gasteiger partial charge in [0.15, 0.2) is 0 Å². The van der Waals surface area contributed by atoms with E-state index in [2.05, 4.69) is 0 Å². The lowest BCUT2D eigenvalue weighted by Crippen LogP contribution is -1.99. The van der Waals surface area contributed by atoms with Gasteiger partial charge in [-0.3, -0.25) is 0 Å². The molecule has 0 aliphatic carbocycles. The summed E-state index contributed by atoms with van der Waals surface area (Å²) < 4.78 is 6.02. The fourth-order valence-corrected chi connectivity index (χ4v) is 2.98. The molecule has 3 nitrogen and oxygen atoms in total. The van der Waals surface area contributed by atoms with Crippen LogP contribution in [0.5, 0.6) is 5.75 Å². The maximum absolute atomic E-state index is 11.3. The van der Waals surface area contributed by atoms with Crippen molar-refractivity contribution in [3.8, 4) is 16.9 Å². The van der Waals surface area contributed by atoms with Crippen molar-refractivity contribution in [3.63, 3.8) is 0 Å². The predicted molar refractivity (Wildman–Crippen MR) is 101 cm³/mol. The van der Waals surface area contributed by atoms with Crippen molar-refractivity contribution >= 4 is 17.7 Å². The molecule has 0 aromatic heterocycles. The first kappa shape index (κ1) is 17.1. The Morgan fingerprint density at radius 3 is 2.52 bits per heavy atom. The van der Waals surface area contributed by atoms with Crippen molar-refractivity contribution in [3.05, 3.63) is 83.9 Å². The number of hydrogen-bond donors (Lipinski definition) is 1. The summed E-state index contributed by atoms with van der Waals surface area (Å²) >= 11 is 1.64. The van der Waals surface area contributed by atoms with Gasteiger partial charge in [0, 0.05) is 10.5 Å². The quantitative estimate of drug-likeness (QED) is 0.609. The molecule has 0 fully saturated rings. The predicted octanol–water partition coefficient (Wildman–Crippen LogP) is 5.35. The van der Waals surface area contributed by atoms with Crippen LogP contribution in [-0.4, -0.2) is 17.3 Å². The van der Waals surface area contributed by atoms with E-state index in [1.807, 2.05) is 60.9 Å². The number of benzene rings is 3. The third kappa shape index (κ3) is 4.22. The van der Waals surface area contributed by atoms with Crippen molar-refractivity contribution in [1.29, 1.82) is 0 Å². The number of ether oxygens (including phenoxy) is 1. The minimum Gasteiger partial charge on any atom is -0.488 e. The number of carbonyl (C=O) groups is 1. The highest BCUT2D eigenvalue weighted by Gasteiger charge is 2.11. The third-order valence-corrected chi connectivity index (χ3v) is 4.57. The molecule has 0 saturated heterocycles. The molecule has 25 heavy (non-hydrogen) atoms. The van der Waals surface area contributed by atoms with Crippen LogP contribution in [0.4, 0.5) is 0 Å². The number of thioether (sulfide) groups is 1. The summed E-state index contributed by atoms with van der Waals surface area (Å²) in [5.41, 5.74) is 3.08. The molecule has 3 aromatic carbocycles. The molecule has 0 aliphatic heterocycles. The Labute approximate surface area is 151 Å². The van der Waals surface area contributed by atoms with E-state index < -0.39 is 5.97 Å². The van der Waals surface area contributed by atoms with Crippen LogP contribution in [0.1, 0.15) is 15.9 Å². The van der Waals surface area contributed by atoms with Gasteiger partial charge in [-0.1, -0.05) is 42.5 Å². The van der Waals surface area contributed by atoms with Crippen molar-refractivity contribution in [2.45, 2.75) is 11.5 Å². The molecule has 1 N–H and O–H groups in total. The van der Waals surface area contributed by atoms with Crippen LogP contribution in [0.25, 0.3) is 11.1 Å². The van der Waals surface area contributed by atoms with Crippen molar-refractivity contribution in [1.82, 2.24) is 0 Å². The first-order valence-corrected chi connectivity index (χ1v) is 9.08. The van der Waals surface area contributed by atoms with Crippen molar-refractivity contribution in [2.24, 2.45) is 0 Å². The standard InChI is InChI=1S/C21H18O3S/c1-25-18-10-11-20(24-14-15-6-3-2-4-7-15)19(13-18)16-8-5-9-17(12-16)21(22)23/h2-13H,14H2,1H3,(H,22,23). The Bertz CT molecular complexity index is 875. The lowest BCUT2D eigenvalue weighted by atomic mass is 10.0. The third-order valence-electron chi connectivity index (χ3n) is 3.84. The molecule has 0 bridgehead atoms. The Hall–Kier alpha value is -2.72. The van der Waals surface area contributed by atoms with E-state index in [9.17, 15) is 9.90 Å². The zero-order valence-corrected chi connectivity index (χ0v) is 14.6. The number of hydrogen-bond acceptors (Lipinski definition) is 3. The molecule has 0 unspecified atom stereocenters. The SMILES string of the molecule is CSc1ccc(OCc2ccccc2)c(-c2cccc(C(=O)O)c2)c1. The molecule has 0 heterocycles. The molecule has 4 heteroatoms. The second-order valence-corrected chi connectivity index (χ2v) is 6.40. The molecular formula is C21H18O3S. The van der Waals surface area contributed by atoms with E-state index in [0.29, 0.717) is 6.61 Å². The maximum atomic E-state index is 11.3. The van der Waals surface area contributed by atoms with E-state index in [1.54, 1.807) is 30.0 Å². The van der Waals surface area contributed by atoms with Gasteiger partial charge in [0.1, 0.15) is 12.4 Å². The van der Waals surface area contributed by atoms with Crippen LogP contribution in [-0.2, 0) is 6.61 Å². The molecular weight excluding hydrogens is 332 g/mol. The summed E-state index contributed by atoms with van der Waals surface area (Å²) in [7, 11) is 0. The summed E-state index contributed by atoms with van der Waals surface area (Å²) in [6.07, 6.45) is 2.01. The molecule has 0 aliphatic rings. The first-order valence-electron chi connectivity index (χ1n) is 7.86. The topological polar surface area (TPSA) is 46.5 Å². The second-order valence-electron chi connectivity index (χ2n) is 5.52. The summed E-state index contributed by atoms with van der Waals surface area (Å²) in [5, 5.41) is 9.24. The van der Waals surface area contributed by atoms with Gasteiger partial charge in [0.2, 0.25) is 0 Å². The highest BCUT2D eigenvalue weighted by Crippen LogP contribution is 2.34. The summed E-state index contributed by atoms with van der Waals surface area (Å²) in [5.74, 6) is -0.196. The van der Waals surface area contributed by atoms with E-state index in [-0.39, 0.29) is 5.56 Å². The highest BCUT2D eigenvalue weighted by atomic mass is 32.2. The Kier molecular flexibility index (Phi) is 5.41. The molecule has 0 amide bonds. The normalized spacial score (nSPS) is 10.4. The lowest BCUT2D eigenvalue weighted by molar-refractivity contribution is 0.0697. The van der Waals surface area contributed by atoms with E-state index >= 15 is 0 Å². The maximum Gasteiger partial charge on any atom is 0.335 e. The minimum absolute atomic E-state index is 0.265. The second kappa shape index (κ2) is 7.90. The van der Waals surface area contributed by atoms with Crippen LogP contribution in [0.2, 0.25) is 0 Å². The zero-order valence-electron chi connectivity index (χ0n) is 13.8. The Balaban J connectivity index is 1.96. The highest BCUT2D eigenvalue weighted by molar-refractivity contribution is 7.98. The monoisotopic (exact) mass is 350 g/mol. The van der Waals surface area contributed by atoms with Gasteiger partial charge in [-0.15, -0.1) is 11.8 Å². The fourth-order valence-electron chi connectivity index (χ4n) is 2.54. The average Bonchev–Trinajstić information content (AvgIpc) is 2.67. The number of carboxylic acids is 1. The Morgan fingerprint density at radius 1 is 1.00 bits per heavy atom. The number of carboxylic acid groups (broad SMARTS) is 1. The van der Waals surface area contributed by atoms with E-state index in [1.165, 1.54) is 0 Å². The van der Waals surface area contributed by atoms with Crippen molar-refractivity contribution in [2.75, 3.05) is 6.26 Å².